The lowest BCUT2D eigenvalue weighted by atomic mass is 10.1. The quantitative estimate of drug-likeness (QED) is 0.301. The Morgan fingerprint density at radius 2 is 2.16 bits per heavy atom. The van der Waals surface area contributed by atoms with Gasteiger partial charge in [-0.2, -0.15) is 0 Å². The number of nitro groups is 1. The second kappa shape index (κ2) is 7.32. The van der Waals surface area contributed by atoms with Crippen molar-refractivity contribution in [1.82, 2.24) is 5.32 Å². The van der Waals surface area contributed by atoms with Crippen LogP contribution in [0.15, 0.2) is 18.2 Å². The molecule has 0 bridgehead atoms. The number of amides is 1. The maximum absolute atomic E-state index is 11.9. The zero-order valence-corrected chi connectivity index (χ0v) is 10.8. The number of nitrogens with zero attached hydrogens (tertiary/aromatic N) is 1. The predicted molar refractivity (Wildman–Crippen MR) is 72.8 cm³/mol. The van der Waals surface area contributed by atoms with Gasteiger partial charge in [0.1, 0.15) is 5.56 Å². The van der Waals surface area contributed by atoms with Crippen LogP contribution in [0.1, 0.15) is 36.5 Å². The fraction of sp³-hybridized carbons (Fsp3) is 0.417. The highest BCUT2D eigenvalue weighted by atomic mass is 16.6. The molecule has 0 aromatic heterocycles. The zero-order valence-electron chi connectivity index (χ0n) is 10.8. The Labute approximate surface area is 111 Å². The van der Waals surface area contributed by atoms with Gasteiger partial charge in [-0.25, -0.2) is 0 Å². The minimum atomic E-state index is -0.582. The molecule has 104 valence electrons. The topological polar surface area (TPSA) is 110 Å². The number of unbranched alkanes of at least 4 members (excludes halogenated alkanes) is 2. The minimum Gasteiger partial charge on any atom is -0.352 e. The van der Waals surface area contributed by atoms with E-state index in [4.69, 9.17) is 5.84 Å². The molecule has 1 amide bonds. The van der Waals surface area contributed by atoms with Crippen LogP contribution in [0.4, 0.5) is 11.4 Å². The van der Waals surface area contributed by atoms with E-state index < -0.39 is 10.8 Å². The normalized spacial score (nSPS) is 10.0. The molecule has 0 aliphatic heterocycles. The Bertz CT molecular complexity index is 462. The minimum absolute atomic E-state index is 0.0111. The van der Waals surface area contributed by atoms with Crippen molar-refractivity contribution < 1.29 is 9.72 Å². The first kappa shape index (κ1) is 14.9. The lowest BCUT2D eigenvalue weighted by molar-refractivity contribution is -0.385. The molecule has 0 fully saturated rings. The summed E-state index contributed by atoms with van der Waals surface area (Å²) in [6.07, 6.45) is 2.90. The van der Waals surface area contributed by atoms with E-state index in [2.05, 4.69) is 17.7 Å². The van der Waals surface area contributed by atoms with Crippen LogP contribution in [0.5, 0.6) is 0 Å². The molecule has 0 aliphatic carbocycles. The van der Waals surface area contributed by atoms with E-state index in [1.54, 1.807) is 0 Å². The van der Waals surface area contributed by atoms with Crippen LogP contribution < -0.4 is 16.6 Å². The zero-order chi connectivity index (χ0) is 14.3. The summed E-state index contributed by atoms with van der Waals surface area (Å²) in [5.41, 5.74) is 2.59. The van der Waals surface area contributed by atoms with E-state index in [9.17, 15) is 14.9 Å². The van der Waals surface area contributed by atoms with Crippen molar-refractivity contribution in [2.45, 2.75) is 26.2 Å². The third-order valence-electron chi connectivity index (χ3n) is 2.67. The van der Waals surface area contributed by atoms with Gasteiger partial charge in [-0.15, -0.1) is 0 Å². The first-order valence-corrected chi connectivity index (χ1v) is 6.13. The first-order chi connectivity index (χ1) is 9.10. The summed E-state index contributed by atoms with van der Waals surface area (Å²) >= 11 is 0. The number of carbonyl (C=O) groups is 1. The molecule has 0 saturated heterocycles. The molecule has 1 aromatic rings. The van der Waals surface area contributed by atoms with E-state index in [0.29, 0.717) is 12.2 Å². The van der Waals surface area contributed by atoms with Gasteiger partial charge in [-0.3, -0.25) is 20.8 Å². The van der Waals surface area contributed by atoms with Crippen molar-refractivity contribution >= 4 is 17.3 Å². The molecule has 0 atom stereocenters. The smallest absolute Gasteiger partial charge is 0.282 e. The molecule has 7 heteroatoms. The van der Waals surface area contributed by atoms with E-state index in [1.165, 1.54) is 18.2 Å². The number of hydrogen-bond acceptors (Lipinski definition) is 5. The lowest BCUT2D eigenvalue weighted by Gasteiger charge is -2.07. The molecule has 4 N–H and O–H groups in total. The number of carbonyl (C=O) groups excluding carboxylic acids is 1. The fourth-order valence-electron chi connectivity index (χ4n) is 1.64. The number of hydrazine groups is 1. The lowest BCUT2D eigenvalue weighted by Crippen LogP contribution is -2.25. The maximum atomic E-state index is 11.9. The van der Waals surface area contributed by atoms with E-state index in [0.717, 1.165) is 19.3 Å². The van der Waals surface area contributed by atoms with Crippen LogP contribution in [-0.4, -0.2) is 17.4 Å². The first-order valence-electron chi connectivity index (χ1n) is 6.13. The molecule has 0 spiro atoms. The van der Waals surface area contributed by atoms with Crippen LogP contribution in [0.25, 0.3) is 0 Å². The highest BCUT2D eigenvalue weighted by Crippen LogP contribution is 2.22. The van der Waals surface area contributed by atoms with E-state index in [-0.39, 0.29) is 11.3 Å². The summed E-state index contributed by atoms with van der Waals surface area (Å²) in [6, 6.07) is 4.08. The molecule has 1 aromatic carbocycles. The Morgan fingerprint density at radius 3 is 2.74 bits per heavy atom. The summed E-state index contributed by atoms with van der Waals surface area (Å²) in [7, 11) is 0. The fourth-order valence-corrected chi connectivity index (χ4v) is 1.64. The van der Waals surface area contributed by atoms with Gasteiger partial charge in [0.25, 0.3) is 11.6 Å². The number of nitrogen functional groups attached to an aromatic ring is 1. The SMILES string of the molecule is CCCCCNC(=O)c1cc(NN)ccc1[N+](=O)[O-]. The van der Waals surface area contributed by atoms with Crippen LogP contribution in [-0.2, 0) is 0 Å². The largest absolute Gasteiger partial charge is 0.352 e. The van der Waals surface area contributed by atoms with Gasteiger partial charge in [0.05, 0.1) is 4.92 Å². The highest BCUT2D eigenvalue weighted by molar-refractivity contribution is 5.99. The third-order valence-corrected chi connectivity index (χ3v) is 2.67. The van der Waals surface area contributed by atoms with E-state index in [1.807, 2.05) is 0 Å². The Kier molecular flexibility index (Phi) is 5.74. The van der Waals surface area contributed by atoms with Gasteiger partial charge in [-0.05, 0) is 18.6 Å². The highest BCUT2D eigenvalue weighted by Gasteiger charge is 2.20. The standard InChI is InChI=1S/C12H18N4O3/c1-2-3-4-7-14-12(17)10-8-9(15-13)5-6-11(10)16(18)19/h5-6,8,15H,2-4,7,13H2,1H3,(H,14,17). The van der Waals surface area contributed by atoms with Gasteiger partial charge in [0, 0.05) is 18.3 Å². The van der Waals surface area contributed by atoms with Gasteiger partial charge in [-0.1, -0.05) is 19.8 Å². The summed E-state index contributed by atoms with van der Waals surface area (Å²) in [5, 5.41) is 13.5. The number of nitrogens with two attached hydrogens (primary N) is 1. The van der Waals surface area contributed by atoms with Crippen molar-refractivity contribution in [3.8, 4) is 0 Å². The molecular formula is C12H18N4O3. The number of hydrogen-bond donors (Lipinski definition) is 3. The summed E-state index contributed by atoms with van der Waals surface area (Å²) in [4.78, 5) is 22.2. The van der Waals surface area contributed by atoms with Gasteiger partial charge >= 0.3 is 0 Å². The number of nitro benzene ring substituents is 1. The maximum Gasteiger partial charge on any atom is 0.282 e. The molecule has 0 aliphatic rings. The van der Waals surface area contributed by atoms with E-state index >= 15 is 0 Å². The Morgan fingerprint density at radius 1 is 1.42 bits per heavy atom. The molecule has 0 unspecified atom stereocenters. The summed E-state index contributed by atoms with van der Waals surface area (Å²) in [6.45, 7) is 2.56. The van der Waals surface area contributed by atoms with Crippen LogP contribution >= 0.6 is 0 Å². The van der Waals surface area contributed by atoms with Crippen molar-refractivity contribution in [3.05, 3.63) is 33.9 Å². The third kappa shape index (κ3) is 4.22. The monoisotopic (exact) mass is 266 g/mol. The van der Waals surface area contributed by atoms with Gasteiger partial charge < -0.3 is 10.7 Å². The average Bonchev–Trinajstić information content (AvgIpc) is 2.42. The molecule has 1 rings (SSSR count). The second-order valence-electron chi connectivity index (χ2n) is 4.10. The average molecular weight is 266 g/mol. The predicted octanol–water partition coefficient (Wildman–Crippen LogP) is 1.80. The van der Waals surface area contributed by atoms with Gasteiger partial charge in [0.15, 0.2) is 0 Å². The molecule has 0 radical (unpaired) electrons. The second-order valence-corrected chi connectivity index (χ2v) is 4.10. The van der Waals surface area contributed by atoms with Gasteiger partial charge in [0.2, 0.25) is 0 Å². The summed E-state index contributed by atoms with van der Waals surface area (Å²) in [5.74, 6) is 4.77. The van der Waals surface area contributed by atoms with Crippen molar-refractivity contribution in [2.75, 3.05) is 12.0 Å². The molecule has 7 nitrogen and oxygen atoms in total. The van der Waals surface area contributed by atoms with Crippen molar-refractivity contribution in [2.24, 2.45) is 5.84 Å². The summed E-state index contributed by atoms with van der Waals surface area (Å²) < 4.78 is 0. The van der Waals surface area contributed by atoms with Crippen molar-refractivity contribution in [3.63, 3.8) is 0 Å². The van der Waals surface area contributed by atoms with Crippen LogP contribution in [0.2, 0.25) is 0 Å². The number of rotatable bonds is 7. The van der Waals surface area contributed by atoms with Crippen molar-refractivity contribution in [1.29, 1.82) is 0 Å². The number of anilines is 1. The van der Waals surface area contributed by atoms with Crippen LogP contribution in [0, 0.1) is 10.1 Å². The Balaban J connectivity index is 2.83. The number of nitrogens with one attached hydrogen (secondary N) is 2. The molecular weight excluding hydrogens is 248 g/mol. The Hall–Kier alpha value is -2.15. The molecule has 0 saturated carbocycles. The molecule has 0 heterocycles. The molecule has 19 heavy (non-hydrogen) atoms. The van der Waals surface area contributed by atoms with Crippen LogP contribution in [0.3, 0.4) is 0 Å². The number of benzene rings is 1.